The van der Waals surface area contributed by atoms with E-state index in [0.717, 1.165) is 16.2 Å². The number of nitrogens with zero attached hydrogens (tertiary/aromatic N) is 2. The van der Waals surface area contributed by atoms with Crippen LogP contribution >= 0.6 is 23.1 Å². The largest absolute Gasteiger partial charge is 0.461 e. The van der Waals surface area contributed by atoms with Gasteiger partial charge in [0.25, 0.3) is 0 Å². The summed E-state index contributed by atoms with van der Waals surface area (Å²) in [6, 6.07) is 6.03. The van der Waals surface area contributed by atoms with Crippen molar-refractivity contribution in [2.45, 2.75) is 16.2 Å². The quantitative estimate of drug-likeness (QED) is 0.808. The first kappa shape index (κ1) is 13.0. The van der Waals surface area contributed by atoms with Gasteiger partial charge in [-0.1, -0.05) is 23.1 Å². The normalized spacial score (nSPS) is 10.3. The molecule has 0 fully saturated rings. The van der Waals surface area contributed by atoms with Crippen LogP contribution in [0.25, 0.3) is 0 Å². The maximum Gasteiger partial charge on any atom is 0.369 e. The SMILES string of the molecule is CCOC(=O)c1nnc(Sc2ccc(F)cc2)s1. The second-order valence-corrected chi connectivity index (χ2v) is 5.45. The van der Waals surface area contributed by atoms with E-state index in [9.17, 15) is 9.18 Å². The fraction of sp³-hybridized carbons (Fsp3) is 0.182. The monoisotopic (exact) mass is 284 g/mol. The van der Waals surface area contributed by atoms with Gasteiger partial charge < -0.3 is 4.74 Å². The zero-order valence-electron chi connectivity index (χ0n) is 9.42. The molecular weight excluding hydrogens is 275 g/mol. The van der Waals surface area contributed by atoms with Gasteiger partial charge in [-0.2, -0.15) is 0 Å². The third-order valence-electron chi connectivity index (χ3n) is 1.88. The Kier molecular flexibility index (Phi) is 4.27. The summed E-state index contributed by atoms with van der Waals surface area (Å²) in [5.74, 6) is -0.759. The number of carbonyl (C=O) groups is 1. The molecule has 0 aliphatic heterocycles. The molecule has 2 rings (SSSR count). The Morgan fingerprint density at radius 2 is 2.11 bits per heavy atom. The summed E-state index contributed by atoms with van der Waals surface area (Å²) in [5.41, 5.74) is 0. The van der Waals surface area contributed by atoms with Crippen molar-refractivity contribution in [2.24, 2.45) is 0 Å². The van der Waals surface area contributed by atoms with Crippen LogP contribution in [0, 0.1) is 5.82 Å². The number of hydrogen-bond donors (Lipinski definition) is 0. The molecule has 0 saturated heterocycles. The summed E-state index contributed by atoms with van der Waals surface area (Å²) >= 11 is 2.48. The summed E-state index contributed by atoms with van der Waals surface area (Å²) in [7, 11) is 0. The third kappa shape index (κ3) is 3.27. The van der Waals surface area contributed by atoms with Gasteiger partial charge in [-0.15, -0.1) is 10.2 Å². The lowest BCUT2D eigenvalue weighted by atomic mass is 10.4. The van der Waals surface area contributed by atoms with E-state index in [1.807, 2.05) is 0 Å². The summed E-state index contributed by atoms with van der Waals surface area (Å²) < 4.78 is 18.2. The van der Waals surface area contributed by atoms with Crippen LogP contribution in [0.4, 0.5) is 4.39 Å². The fourth-order valence-electron chi connectivity index (χ4n) is 1.13. The van der Waals surface area contributed by atoms with Crippen LogP contribution in [0.5, 0.6) is 0 Å². The molecule has 18 heavy (non-hydrogen) atoms. The Bertz CT molecular complexity index is 542. The van der Waals surface area contributed by atoms with Gasteiger partial charge in [0.05, 0.1) is 6.61 Å². The van der Waals surface area contributed by atoms with Crippen molar-refractivity contribution in [3.05, 3.63) is 35.1 Å². The first-order valence-electron chi connectivity index (χ1n) is 5.13. The highest BCUT2D eigenvalue weighted by Crippen LogP contribution is 2.30. The van der Waals surface area contributed by atoms with Crippen LogP contribution in [-0.2, 0) is 4.74 Å². The van der Waals surface area contributed by atoms with Gasteiger partial charge in [-0.3, -0.25) is 0 Å². The number of halogens is 1. The molecule has 0 unspecified atom stereocenters. The number of aromatic nitrogens is 2. The third-order valence-corrected chi connectivity index (χ3v) is 3.84. The van der Waals surface area contributed by atoms with Gasteiger partial charge in [0, 0.05) is 4.90 Å². The Morgan fingerprint density at radius 1 is 1.39 bits per heavy atom. The zero-order chi connectivity index (χ0) is 13.0. The van der Waals surface area contributed by atoms with E-state index >= 15 is 0 Å². The molecule has 0 radical (unpaired) electrons. The molecule has 1 aromatic carbocycles. The maximum atomic E-state index is 12.7. The average Bonchev–Trinajstić information content (AvgIpc) is 2.81. The highest BCUT2D eigenvalue weighted by Gasteiger charge is 2.14. The molecule has 2 aromatic rings. The predicted octanol–water partition coefficient (Wildman–Crippen LogP) is 3.01. The van der Waals surface area contributed by atoms with Gasteiger partial charge in [0.2, 0.25) is 5.01 Å². The highest BCUT2D eigenvalue weighted by molar-refractivity contribution is 8.01. The van der Waals surface area contributed by atoms with Crippen LogP contribution < -0.4 is 0 Å². The van der Waals surface area contributed by atoms with Crippen molar-refractivity contribution in [1.29, 1.82) is 0 Å². The minimum absolute atomic E-state index is 0.224. The Morgan fingerprint density at radius 3 is 2.78 bits per heavy atom. The first-order chi connectivity index (χ1) is 8.69. The van der Waals surface area contributed by atoms with Crippen molar-refractivity contribution in [3.63, 3.8) is 0 Å². The fourth-order valence-corrected chi connectivity index (χ4v) is 2.85. The van der Waals surface area contributed by atoms with Crippen molar-refractivity contribution >= 4 is 29.1 Å². The van der Waals surface area contributed by atoms with Gasteiger partial charge in [0.15, 0.2) is 4.34 Å². The molecule has 0 saturated carbocycles. The molecule has 0 N–H and O–H groups in total. The number of carbonyl (C=O) groups excluding carboxylic acids is 1. The maximum absolute atomic E-state index is 12.7. The van der Waals surface area contributed by atoms with Crippen LogP contribution in [0.3, 0.4) is 0 Å². The molecule has 94 valence electrons. The van der Waals surface area contributed by atoms with Gasteiger partial charge in [0.1, 0.15) is 5.82 Å². The minimum atomic E-state index is -0.471. The van der Waals surface area contributed by atoms with E-state index in [-0.39, 0.29) is 10.8 Å². The topological polar surface area (TPSA) is 52.1 Å². The number of esters is 1. The van der Waals surface area contributed by atoms with Gasteiger partial charge >= 0.3 is 5.97 Å². The Balaban J connectivity index is 2.06. The second-order valence-electron chi connectivity index (χ2n) is 3.15. The highest BCUT2D eigenvalue weighted by atomic mass is 32.2. The zero-order valence-corrected chi connectivity index (χ0v) is 11.1. The van der Waals surface area contributed by atoms with Crippen LogP contribution in [0.15, 0.2) is 33.5 Å². The number of ether oxygens (including phenoxy) is 1. The molecule has 1 aromatic heterocycles. The molecule has 7 heteroatoms. The molecule has 0 amide bonds. The van der Waals surface area contributed by atoms with Crippen LogP contribution in [0.1, 0.15) is 16.7 Å². The Labute approximate surface area is 111 Å². The molecule has 0 aliphatic carbocycles. The summed E-state index contributed by atoms with van der Waals surface area (Å²) in [4.78, 5) is 12.2. The van der Waals surface area contributed by atoms with Crippen molar-refractivity contribution in [3.8, 4) is 0 Å². The minimum Gasteiger partial charge on any atom is -0.461 e. The van der Waals surface area contributed by atoms with E-state index in [1.165, 1.54) is 23.9 Å². The van der Waals surface area contributed by atoms with Crippen LogP contribution in [-0.4, -0.2) is 22.8 Å². The van der Waals surface area contributed by atoms with Crippen molar-refractivity contribution < 1.29 is 13.9 Å². The lowest BCUT2D eigenvalue weighted by Crippen LogP contribution is -2.03. The van der Waals surface area contributed by atoms with Crippen LogP contribution in [0.2, 0.25) is 0 Å². The van der Waals surface area contributed by atoms with Crippen molar-refractivity contribution in [2.75, 3.05) is 6.61 Å². The molecule has 4 nitrogen and oxygen atoms in total. The standard InChI is InChI=1S/C11H9FN2O2S2/c1-2-16-10(15)9-13-14-11(18-9)17-8-5-3-7(12)4-6-8/h3-6H,2H2,1H3. The molecule has 1 heterocycles. The lowest BCUT2D eigenvalue weighted by Gasteiger charge is -1.96. The number of hydrogen-bond acceptors (Lipinski definition) is 6. The second kappa shape index (κ2) is 5.92. The Hall–Kier alpha value is -1.47. The summed E-state index contributed by atoms with van der Waals surface area (Å²) in [6.45, 7) is 2.03. The smallest absolute Gasteiger partial charge is 0.369 e. The average molecular weight is 284 g/mol. The van der Waals surface area contributed by atoms with E-state index in [1.54, 1.807) is 19.1 Å². The van der Waals surface area contributed by atoms with Gasteiger partial charge in [-0.25, -0.2) is 9.18 Å². The van der Waals surface area contributed by atoms with E-state index < -0.39 is 5.97 Å². The van der Waals surface area contributed by atoms with Gasteiger partial charge in [-0.05, 0) is 31.2 Å². The lowest BCUT2D eigenvalue weighted by molar-refractivity contribution is 0.0525. The molecular formula is C11H9FN2O2S2. The van der Waals surface area contributed by atoms with E-state index in [0.29, 0.717) is 10.9 Å². The molecule has 0 atom stereocenters. The van der Waals surface area contributed by atoms with Crippen molar-refractivity contribution in [1.82, 2.24) is 10.2 Å². The van der Waals surface area contributed by atoms with E-state index in [4.69, 9.17) is 4.74 Å². The molecule has 0 aliphatic rings. The molecule has 0 bridgehead atoms. The number of benzene rings is 1. The summed E-state index contributed by atoms with van der Waals surface area (Å²) in [6.07, 6.45) is 0. The molecule has 0 spiro atoms. The van der Waals surface area contributed by atoms with E-state index in [2.05, 4.69) is 10.2 Å². The first-order valence-corrected chi connectivity index (χ1v) is 6.76. The predicted molar refractivity (Wildman–Crippen MR) is 66.4 cm³/mol. The number of rotatable bonds is 4. The summed E-state index contributed by atoms with van der Waals surface area (Å²) in [5, 5.41) is 7.85.